The number of carbonyl (C=O) groups excluding carboxylic acids is 1. The summed E-state index contributed by atoms with van der Waals surface area (Å²) in [6.07, 6.45) is 5.98. The molecule has 134 valence electrons. The van der Waals surface area contributed by atoms with Crippen molar-refractivity contribution in [2.45, 2.75) is 58.3 Å². The quantitative estimate of drug-likeness (QED) is 0.661. The highest BCUT2D eigenvalue weighted by Gasteiger charge is 2.44. The molecule has 1 saturated carbocycles. The van der Waals surface area contributed by atoms with Crippen LogP contribution in [0.25, 0.3) is 0 Å². The number of likely N-dealkylation sites (N-methyl/N-ethyl adjacent to an activating group) is 1. The summed E-state index contributed by atoms with van der Waals surface area (Å²) in [5, 5.41) is 0. The van der Waals surface area contributed by atoms with Crippen LogP contribution < -0.4 is 0 Å². The first kappa shape index (κ1) is 19.0. The SMILES string of the molecule is CCN(CC)CCOC(=O)[C@](C)(c1ccccc1)C1CCCCC1. The molecule has 1 aromatic rings. The molecule has 1 aromatic carbocycles. The van der Waals surface area contributed by atoms with E-state index in [9.17, 15) is 4.79 Å². The lowest BCUT2D eigenvalue weighted by Crippen LogP contribution is -2.43. The first-order valence-corrected chi connectivity index (χ1v) is 9.58. The lowest BCUT2D eigenvalue weighted by molar-refractivity contribution is -0.153. The molecule has 0 spiro atoms. The highest BCUT2D eigenvalue weighted by molar-refractivity contribution is 5.83. The third-order valence-corrected chi connectivity index (χ3v) is 5.75. The van der Waals surface area contributed by atoms with Gasteiger partial charge in [-0.15, -0.1) is 0 Å². The van der Waals surface area contributed by atoms with E-state index in [0.29, 0.717) is 12.5 Å². The van der Waals surface area contributed by atoms with Gasteiger partial charge in [0.15, 0.2) is 0 Å². The van der Waals surface area contributed by atoms with Gasteiger partial charge in [-0.1, -0.05) is 63.4 Å². The van der Waals surface area contributed by atoms with Crippen LogP contribution in [0.4, 0.5) is 0 Å². The maximum Gasteiger partial charge on any atom is 0.316 e. The van der Waals surface area contributed by atoms with Gasteiger partial charge >= 0.3 is 5.97 Å². The molecule has 24 heavy (non-hydrogen) atoms. The Morgan fingerprint density at radius 3 is 2.33 bits per heavy atom. The van der Waals surface area contributed by atoms with Crippen molar-refractivity contribution in [1.82, 2.24) is 4.90 Å². The van der Waals surface area contributed by atoms with Crippen LogP contribution in [0.5, 0.6) is 0 Å². The summed E-state index contributed by atoms with van der Waals surface area (Å²) < 4.78 is 5.77. The van der Waals surface area contributed by atoms with Gasteiger partial charge in [0, 0.05) is 6.54 Å². The average molecular weight is 332 g/mol. The Bertz CT molecular complexity index is 492. The molecule has 1 atom stereocenters. The number of hydrogen-bond acceptors (Lipinski definition) is 3. The first-order chi connectivity index (χ1) is 11.6. The Kier molecular flexibility index (Phi) is 7.29. The van der Waals surface area contributed by atoms with Crippen LogP contribution >= 0.6 is 0 Å². The van der Waals surface area contributed by atoms with Gasteiger partial charge in [-0.25, -0.2) is 0 Å². The molecule has 1 aliphatic rings. The zero-order valence-electron chi connectivity index (χ0n) is 15.6. The minimum atomic E-state index is -0.523. The summed E-state index contributed by atoms with van der Waals surface area (Å²) in [6, 6.07) is 10.2. The fraction of sp³-hybridized carbons (Fsp3) is 0.667. The maximum absolute atomic E-state index is 13.1. The van der Waals surface area contributed by atoms with Crippen molar-refractivity contribution in [2.24, 2.45) is 5.92 Å². The van der Waals surface area contributed by atoms with Crippen LogP contribution in [-0.2, 0) is 14.9 Å². The lowest BCUT2D eigenvalue weighted by atomic mass is 9.66. The first-order valence-electron chi connectivity index (χ1n) is 9.58. The van der Waals surface area contributed by atoms with Crippen molar-refractivity contribution >= 4 is 5.97 Å². The van der Waals surface area contributed by atoms with E-state index in [1.165, 1.54) is 19.3 Å². The molecular formula is C21H33NO2. The minimum absolute atomic E-state index is 0.0484. The van der Waals surface area contributed by atoms with E-state index in [2.05, 4.69) is 37.8 Å². The summed E-state index contributed by atoms with van der Waals surface area (Å²) in [5.74, 6) is 0.336. The summed E-state index contributed by atoms with van der Waals surface area (Å²) in [4.78, 5) is 15.4. The Hall–Kier alpha value is -1.35. The van der Waals surface area contributed by atoms with Gasteiger partial charge in [0.1, 0.15) is 6.61 Å². The zero-order chi connectivity index (χ0) is 17.4. The smallest absolute Gasteiger partial charge is 0.316 e. The highest BCUT2D eigenvalue weighted by atomic mass is 16.5. The largest absolute Gasteiger partial charge is 0.464 e. The summed E-state index contributed by atoms with van der Waals surface area (Å²) in [6.45, 7) is 9.66. The van der Waals surface area contributed by atoms with Gasteiger partial charge < -0.3 is 9.64 Å². The van der Waals surface area contributed by atoms with Gasteiger partial charge in [-0.2, -0.15) is 0 Å². The normalized spacial score (nSPS) is 18.3. The van der Waals surface area contributed by atoms with Gasteiger partial charge in [-0.3, -0.25) is 4.79 Å². The number of nitrogens with zero attached hydrogens (tertiary/aromatic N) is 1. The predicted octanol–water partition coefficient (Wildman–Crippen LogP) is 4.41. The molecule has 0 amide bonds. The molecule has 1 aliphatic carbocycles. The number of benzene rings is 1. The van der Waals surface area contributed by atoms with E-state index in [1.807, 2.05) is 18.2 Å². The van der Waals surface area contributed by atoms with E-state index in [0.717, 1.165) is 38.0 Å². The maximum atomic E-state index is 13.1. The van der Waals surface area contributed by atoms with E-state index in [-0.39, 0.29) is 5.97 Å². The molecule has 0 heterocycles. The predicted molar refractivity (Wildman–Crippen MR) is 99.1 cm³/mol. The second-order valence-corrected chi connectivity index (χ2v) is 7.07. The fourth-order valence-electron chi connectivity index (χ4n) is 3.94. The number of esters is 1. The molecule has 0 radical (unpaired) electrons. The monoisotopic (exact) mass is 331 g/mol. The third-order valence-electron chi connectivity index (χ3n) is 5.75. The number of rotatable bonds is 8. The third kappa shape index (κ3) is 4.38. The van der Waals surface area contributed by atoms with E-state index in [1.54, 1.807) is 0 Å². The number of carbonyl (C=O) groups is 1. The van der Waals surface area contributed by atoms with Crippen LogP contribution in [0.2, 0.25) is 0 Å². The van der Waals surface area contributed by atoms with Crippen LogP contribution in [-0.4, -0.2) is 37.1 Å². The molecule has 0 unspecified atom stereocenters. The number of hydrogen-bond donors (Lipinski definition) is 0. The molecule has 0 bridgehead atoms. The topological polar surface area (TPSA) is 29.5 Å². The molecular weight excluding hydrogens is 298 g/mol. The molecule has 0 N–H and O–H groups in total. The second-order valence-electron chi connectivity index (χ2n) is 7.07. The van der Waals surface area contributed by atoms with Crippen molar-refractivity contribution in [3.05, 3.63) is 35.9 Å². The molecule has 2 rings (SSSR count). The van der Waals surface area contributed by atoms with Crippen molar-refractivity contribution in [3.63, 3.8) is 0 Å². The van der Waals surface area contributed by atoms with Crippen LogP contribution in [0.1, 0.15) is 58.4 Å². The van der Waals surface area contributed by atoms with E-state index >= 15 is 0 Å². The van der Waals surface area contributed by atoms with Gasteiger partial charge in [0.25, 0.3) is 0 Å². The van der Waals surface area contributed by atoms with Crippen molar-refractivity contribution in [1.29, 1.82) is 0 Å². The Morgan fingerprint density at radius 2 is 1.75 bits per heavy atom. The van der Waals surface area contributed by atoms with Crippen LogP contribution in [0.3, 0.4) is 0 Å². The van der Waals surface area contributed by atoms with Crippen LogP contribution in [0.15, 0.2) is 30.3 Å². The zero-order valence-corrected chi connectivity index (χ0v) is 15.6. The second kappa shape index (κ2) is 9.22. The van der Waals surface area contributed by atoms with Crippen molar-refractivity contribution in [2.75, 3.05) is 26.2 Å². The molecule has 0 aliphatic heterocycles. The summed E-state index contributed by atoms with van der Waals surface area (Å²) >= 11 is 0. The fourth-order valence-corrected chi connectivity index (χ4v) is 3.94. The Labute approximate surface area is 147 Å². The summed E-state index contributed by atoms with van der Waals surface area (Å²) in [7, 11) is 0. The molecule has 0 aromatic heterocycles. The number of ether oxygens (including phenoxy) is 1. The highest BCUT2D eigenvalue weighted by Crippen LogP contribution is 2.41. The molecule has 0 saturated heterocycles. The molecule has 3 heteroatoms. The summed E-state index contributed by atoms with van der Waals surface area (Å²) in [5.41, 5.74) is 0.579. The Balaban J connectivity index is 2.11. The van der Waals surface area contributed by atoms with Crippen molar-refractivity contribution < 1.29 is 9.53 Å². The Morgan fingerprint density at radius 1 is 1.12 bits per heavy atom. The van der Waals surface area contributed by atoms with Gasteiger partial charge in [-0.05, 0) is 44.3 Å². The van der Waals surface area contributed by atoms with Gasteiger partial charge in [0.2, 0.25) is 0 Å². The van der Waals surface area contributed by atoms with Gasteiger partial charge in [0.05, 0.1) is 5.41 Å². The lowest BCUT2D eigenvalue weighted by Gasteiger charge is -2.38. The van der Waals surface area contributed by atoms with E-state index < -0.39 is 5.41 Å². The molecule has 1 fully saturated rings. The van der Waals surface area contributed by atoms with Crippen molar-refractivity contribution in [3.8, 4) is 0 Å². The average Bonchev–Trinajstić information content (AvgIpc) is 2.65. The van der Waals surface area contributed by atoms with E-state index in [4.69, 9.17) is 4.74 Å². The standard InChI is InChI=1S/C21H33NO2/c1-4-22(5-2)16-17-24-20(23)21(3,18-12-8-6-9-13-18)19-14-10-7-11-15-19/h6,8-9,12-13,19H,4-5,7,10-11,14-17H2,1-3H3/t21-/m1/s1. The minimum Gasteiger partial charge on any atom is -0.464 e. The van der Waals surface area contributed by atoms with Crippen LogP contribution in [0, 0.1) is 5.92 Å². The molecule has 3 nitrogen and oxygen atoms in total.